The number of rotatable bonds is 4. The van der Waals surface area contributed by atoms with E-state index in [4.69, 9.17) is 9.72 Å². The van der Waals surface area contributed by atoms with Gasteiger partial charge >= 0.3 is 6.09 Å². The minimum atomic E-state index is -1.31. The SMILES string of the molecule is N#Cc1nc(N2CCC(NC(=O)O)(c3ccc(F)cc3F)CC2)nc2c1c(Br)nn2C1CCCCO1. The fourth-order valence-corrected chi connectivity index (χ4v) is 5.49. The molecule has 2 saturated heterocycles. The molecule has 13 heteroatoms. The standard InChI is InChI=1S/C23H22BrF2N7O3/c24-19-18-16(12-27)28-21(29-20(18)33(31-19)17-3-1-2-10-36-17)32-8-6-23(7-9-32,30-22(34)35)14-5-4-13(25)11-15(14)26/h4-5,11,17,30H,1-3,6-10H2,(H,34,35). The average Bonchev–Trinajstić information content (AvgIpc) is 3.20. The summed E-state index contributed by atoms with van der Waals surface area (Å²) in [5, 5.41) is 26.7. The van der Waals surface area contributed by atoms with Crippen LogP contribution >= 0.6 is 15.9 Å². The Labute approximate surface area is 213 Å². The van der Waals surface area contributed by atoms with Gasteiger partial charge in [-0.05, 0) is 54.1 Å². The fourth-order valence-electron chi connectivity index (χ4n) is 4.96. The number of amides is 1. The van der Waals surface area contributed by atoms with Crippen molar-refractivity contribution in [1.82, 2.24) is 25.1 Å². The van der Waals surface area contributed by atoms with Gasteiger partial charge in [-0.2, -0.15) is 15.3 Å². The second-order valence-corrected chi connectivity index (χ2v) is 9.61. The monoisotopic (exact) mass is 561 g/mol. The molecule has 0 saturated carbocycles. The molecule has 3 aromatic rings. The molecule has 5 rings (SSSR count). The van der Waals surface area contributed by atoms with Crippen molar-refractivity contribution in [2.45, 2.75) is 43.9 Å². The second kappa shape index (κ2) is 9.59. The highest BCUT2D eigenvalue weighted by Crippen LogP contribution is 2.37. The van der Waals surface area contributed by atoms with Gasteiger partial charge in [0.15, 0.2) is 17.6 Å². The molecule has 2 aliphatic rings. The van der Waals surface area contributed by atoms with Crippen LogP contribution in [0.4, 0.5) is 19.5 Å². The predicted molar refractivity (Wildman–Crippen MR) is 127 cm³/mol. The van der Waals surface area contributed by atoms with Gasteiger partial charge in [-0.25, -0.2) is 23.2 Å². The number of halogens is 3. The van der Waals surface area contributed by atoms with E-state index in [9.17, 15) is 23.9 Å². The third-order valence-electron chi connectivity index (χ3n) is 6.72. The number of carbonyl (C=O) groups is 1. The number of nitriles is 1. The molecule has 10 nitrogen and oxygen atoms in total. The summed E-state index contributed by atoms with van der Waals surface area (Å²) < 4.78 is 36.2. The van der Waals surface area contributed by atoms with Gasteiger partial charge < -0.3 is 20.1 Å². The maximum atomic E-state index is 14.7. The maximum Gasteiger partial charge on any atom is 0.405 e. The van der Waals surface area contributed by atoms with Gasteiger partial charge in [-0.15, -0.1) is 0 Å². The van der Waals surface area contributed by atoms with Crippen LogP contribution in [0, 0.1) is 23.0 Å². The smallest absolute Gasteiger partial charge is 0.405 e. The number of ether oxygens (including phenoxy) is 1. The lowest BCUT2D eigenvalue weighted by molar-refractivity contribution is -0.0371. The van der Waals surface area contributed by atoms with Crippen LogP contribution in [0.3, 0.4) is 0 Å². The van der Waals surface area contributed by atoms with E-state index in [1.165, 1.54) is 6.07 Å². The van der Waals surface area contributed by atoms with Crippen LogP contribution in [0.5, 0.6) is 0 Å². The molecule has 2 fully saturated rings. The number of hydrogen-bond donors (Lipinski definition) is 2. The summed E-state index contributed by atoms with van der Waals surface area (Å²) in [4.78, 5) is 22.6. The van der Waals surface area contributed by atoms with Crippen molar-refractivity contribution in [2.75, 3.05) is 24.6 Å². The Bertz CT molecular complexity index is 1360. The summed E-state index contributed by atoms with van der Waals surface area (Å²) in [7, 11) is 0. The first-order valence-corrected chi connectivity index (χ1v) is 12.3. The molecule has 0 radical (unpaired) electrons. The predicted octanol–water partition coefficient (Wildman–Crippen LogP) is 4.20. The molecule has 2 N–H and O–H groups in total. The van der Waals surface area contributed by atoms with E-state index in [1.54, 1.807) is 4.68 Å². The highest BCUT2D eigenvalue weighted by molar-refractivity contribution is 9.10. The molecule has 4 heterocycles. The quantitative estimate of drug-likeness (QED) is 0.484. The molecule has 1 unspecified atom stereocenters. The Hall–Kier alpha value is -3.37. The zero-order chi connectivity index (χ0) is 25.4. The van der Waals surface area contributed by atoms with E-state index in [0.717, 1.165) is 31.4 Å². The summed E-state index contributed by atoms with van der Waals surface area (Å²) in [6.07, 6.45) is 1.46. The average molecular weight is 562 g/mol. The molecule has 36 heavy (non-hydrogen) atoms. The number of nitrogens with zero attached hydrogens (tertiary/aromatic N) is 6. The number of carboxylic acid groups (broad SMARTS) is 1. The Balaban J connectivity index is 1.49. The Kier molecular flexibility index (Phi) is 6.48. The molecule has 0 spiro atoms. The maximum absolute atomic E-state index is 14.7. The van der Waals surface area contributed by atoms with Crippen LogP contribution in [-0.2, 0) is 10.3 Å². The minimum absolute atomic E-state index is 0.0801. The molecule has 1 aromatic carbocycles. The lowest BCUT2D eigenvalue weighted by Gasteiger charge is -2.42. The van der Waals surface area contributed by atoms with E-state index in [0.29, 0.717) is 22.2 Å². The zero-order valence-electron chi connectivity index (χ0n) is 19.0. The van der Waals surface area contributed by atoms with Crippen molar-refractivity contribution in [3.63, 3.8) is 0 Å². The molecule has 1 atom stereocenters. The molecular weight excluding hydrogens is 540 g/mol. The number of hydrogen-bond acceptors (Lipinski definition) is 7. The molecule has 0 bridgehead atoms. The Morgan fingerprint density at radius 3 is 2.69 bits per heavy atom. The summed E-state index contributed by atoms with van der Waals surface area (Å²) in [5.41, 5.74) is -0.561. The van der Waals surface area contributed by atoms with Crippen LogP contribution in [0.15, 0.2) is 22.8 Å². The molecule has 2 aliphatic heterocycles. The summed E-state index contributed by atoms with van der Waals surface area (Å²) in [6, 6.07) is 5.24. The summed E-state index contributed by atoms with van der Waals surface area (Å²) in [5.74, 6) is -1.27. The number of anilines is 1. The number of aromatic nitrogens is 4. The lowest BCUT2D eigenvalue weighted by Crippen LogP contribution is -2.53. The van der Waals surface area contributed by atoms with Crippen molar-refractivity contribution in [2.24, 2.45) is 0 Å². The van der Waals surface area contributed by atoms with Crippen molar-refractivity contribution < 1.29 is 23.4 Å². The highest BCUT2D eigenvalue weighted by atomic mass is 79.9. The lowest BCUT2D eigenvalue weighted by atomic mass is 9.80. The van der Waals surface area contributed by atoms with Crippen LogP contribution in [0.1, 0.15) is 49.6 Å². The van der Waals surface area contributed by atoms with E-state index < -0.39 is 23.3 Å². The second-order valence-electron chi connectivity index (χ2n) is 8.86. The van der Waals surface area contributed by atoms with Gasteiger partial charge in [-0.1, -0.05) is 6.07 Å². The van der Waals surface area contributed by atoms with E-state index in [1.807, 2.05) is 4.90 Å². The molecule has 1 amide bonds. The van der Waals surface area contributed by atoms with Gasteiger partial charge in [0.2, 0.25) is 5.95 Å². The molecular formula is C23H22BrF2N7O3. The third-order valence-corrected chi connectivity index (χ3v) is 7.28. The van der Waals surface area contributed by atoms with E-state index >= 15 is 0 Å². The molecule has 188 valence electrons. The highest BCUT2D eigenvalue weighted by Gasteiger charge is 2.40. The van der Waals surface area contributed by atoms with Gasteiger partial charge in [0, 0.05) is 31.3 Å². The van der Waals surface area contributed by atoms with Crippen LogP contribution < -0.4 is 10.2 Å². The molecule has 2 aromatic heterocycles. The van der Waals surface area contributed by atoms with Gasteiger partial charge in [0.1, 0.15) is 22.3 Å². The summed E-state index contributed by atoms with van der Waals surface area (Å²) >= 11 is 3.41. The third kappa shape index (κ3) is 4.35. The number of fused-ring (bicyclic) bond motifs is 1. The van der Waals surface area contributed by atoms with Crippen molar-refractivity contribution in [1.29, 1.82) is 5.26 Å². The number of piperidine rings is 1. The van der Waals surface area contributed by atoms with Crippen LogP contribution in [-0.4, -0.2) is 50.6 Å². The summed E-state index contributed by atoms with van der Waals surface area (Å²) in [6.45, 7) is 1.14. The first-order valence-electron chi connectivity index (χ1n) is 11.5. The zero-order valence-corrected chi connectivity index (χ0v) is 20.6. The normalized spacial score (nSPS) is 19.7. The van der Waals surface area contributed by atoms with E-state index in [-0.39, 0.29) is 49.4 Å². The van der Waals surface area contributed by atoms with Gasteiger partial charge in [0.25, 0.3) is 0 Å². The van der Waals surface area contributed by atoms with Crippen molar-refractivity contribution in [3.05, 3.63) is 45.7 Å². The van der Waals surface area contributed by atoms with Crippen LogP contribution in [0.25, 0.3) is 11.0 Å². The number of benzene rings is 1. The topological polar surface area (TPSA) is 129 Å². The van der Waals surface area contributed by atoms with Gasteiger partial charge in [0.05, 0.1) is 10.9 Å². The van der Waals surface area contributed by atoms with Crippen LogP contribution in [0.2, 0.25) is 0 Å². The Morgan fingerprint density at radius 1 is 1.28 bits per heavy atom. The first-order chi connectivity index (χ1) is 17.3. The van der Waals surface area contributed by atoms with Crippen molar-refractivity contribution >= 4 is 39.0 Å². The van der Waals surface area contributed by atoms with Gasteiger partial charge in [-0.3, -0.25) is 0 Å². The minimum Gasteiger partial charge on any atom is -0.465 e. The first kappa shape index (κ1) is 24.3. The fraction of sp³-hybridized carbons (Fsp3) is 0.435. The number of nitrogens with one attached hydrogen (secondary N) is 1. The van der Waals surface area contributed by atoms with Crippen molar-refractivity contribution in [3.8, 4) is 6.07 Å². The largest absolute Gasteiger partial charge is 0.465 e. The van der Waals surface area contributed by atoms with E-state index in [2.05, 4.69) is 37.4 Å². The Morgan fingerprint density at radius 2 is 2.06 bits per heavy atom. The molecule has 0 aliphatic carbocycles.